The molecule has 3 N–H and O–H groups in total. The number of hydrogen-bond donors (Lipinski definition) is 3. The fraction of sp³-hybridized carbons (Fsp3) is 0.158. The molecule has 3 aromatic rings. The number of hydrogen-bond acceptors (Lipinski definition) is 6. The molecule has 2 aromatic heterocycles. The lowest BCUT2D eigenvalue weighted by atomic mass is 10.0. The normalized spacial score (nSPS) is 10.8. The summed E-state index contributed by atoms with van der Waals surface area (Å²) in [4.78, 5) is 31.2. The van der Waals surface area contributed by atoms with Gasteiger partial charge in [-0.25, -0.2) is 14.2 Å². The molecule has 2 heterocycles. The minimum atomic E-state index is -1.46. The SMILES string of the molecule is COCC(=O)Nc1nc(C(=O)O)c(O)c2ncc(Cc3ccc(F)cc3)cc12. The Labute approximate surface area is 158 Å². The van der Waals surface area contributed by atoms with Crippen molar-refractivity contribution in [3.63, 3.8) is 0 Å². The van der Waals surface area contributed by atoms with Crippen LogP contribution in [-0.2, 0) is 16.0 Å². The predicted molar refractivity (Wildman–Crippen MR) is 97.9 cm³/mol. The van der Waals surface area contributed by atoms with Crippen molar-refractivity contribution < 1.29 is 28.9 Å². The highest BCUT2D eigenvalue weighted by Gasteiger charge is 2.21. The third-order valence-electron chi connectivity index (χ3n) is 3.93. The maximum absolute atomic E-state index is 13.1. The summed E-state index contributed by atoms with van der Waals surface area (Å²) in [5.74, 6) is -3.00. The van der Waals surface area contributed by atoms with Gasteiger partial charge in [0.15, 0.2) is 11.4 Å². The molecule has 0 aliphatic heterocycles. The van der Waals surface area contributed by atoms with Gasteiger partial charge in [-0.2, -0.15) is 0 Å². The molecule has 0 aliphatic carbocycles. The quantitative estimate of drug-likeness (QED) is 0.595. The van der Waals surface area contributed by atoms with Crippen LogP contribution in [0.2, 0.25) is 0 Å². The van der Waals surface area contributed by atoms with Crippen molar-refractivity contribution in [3.8, 4) is 5.75 Å². The van der Waals surface area contributed by atoms with E-state index in [9.17, 15) is 24.2 Å². The third-order valence-corrected chi connectivity index (χ3v) is 3.93. The Kier molecular flexibility index (Phi) is 5.46. The number of ether oxygens (including phenoxy) is 1. The molecule has 1 amide bonds. The van der Waals surface area contributed by atoms with Crippen LogP contribution in [0.5, 0.6) is 5.75 Å². The molecular weight excluding hydrogens is 369 g/mol. The first-order valence-electron chi connectivity index (χ1n) is 8.17. The molecule has 28 heavy (non-hydrogen) atoms. The van der Waals surface area contributed by atoms with Crippen LogP contribution in [0.4, 0.5) is 10.2 Å². The van der Waals surface area contributed by atoms with E-state index in [0.717, 1.165) is 5.56 Å². The molecule has 0 fully saturated rings. The number of halogens is 1. The van der Waals surface area contributed by atoms with E-state index in [4.69, 9.17) is 4.74 Å². The van der Waals surface area contributed by atoms with E-state index < -0.39 is 23.3 Å². The van der Waals surface area contributed by atoms with E-state index >= 15 is 0 Å². The van der Waals surface area contributed by atoms with Gasteiger partial charge in [0.25, 0.3) is 5.91 Å². The monoisotopic (exact) mass is 385 g/mol. The number of pyridine rings is 2. The Morgan fingerprint density at radius 2 is 1.93 bits per heavy atom. The van der Waals surface area contributed by atoms with Gasteiger partial charge in [0.2, 0.25) is 0 Å². The Bertz CT molecular complexity index is 1050. The summed E-state index contributed by atoms with van der Waals surface area (Å²) in [6, 6.07) is 7.57. The fourth-order valence-corrected chi connectivity index (χ4v) is 2.69. The molecule has 144 valence electrons. The Morgan fingerprint density at radius 1 is 1.21 bits per heavy atom. The number of benzene rings is 1. The fourth-order valence-electron chi connectivity index (χ4n) is 2.69. The number of aromatic hydroxyl groups is 1. The molecule has 0 saturated heterocycles. The second-order valence-corrected chi connectivity index (χ2v) is 5.99. The maximum atomic E-state index is 13.1. The second kappa shape index (κ2) is 7.97. The third kappa shape index (κ3) is 4.04. The standard InChI is InChI=1S/C19H16FN3O5/c1-28-9-14(24)22-18-13-7-11(6-10-2-4-12(20)5-3-10)8-21-15(13)17(25)16(23-18)19(26)27/h2-5,7-8,25H,6,9H2,1H3,(H,26,27)(H,22,23,24). The summed E-state index contributed by atoms with van der Waals surface area (Å²) in [7, 11) is 1.34. The van der Waals surface area contributed by atoms with Gasteiger partial charge in [-0.3, -0.25) is 9.78 Å². The van der Waals surface area contributed by atoms with E-state index in [0.29, 0.717) is 12.0 Å². The minimum absolute atomic E-state index is 0.0111. The molecule has 0 aliphatic rings. The zero-order chi connectivity index (χ0) is 20.3. The van der Waals surface area contributed by atoms with E-state index in [1.54, 1.807) is 18.2 Å². The van der Waals surface area contributed by atoms with Crippen LogP contribution < -0.4 is 5.32 Å². The number of carboxylic acids is 1. The molecule has 0 atom stereocenters. The lowest BCUT2D eigenvalue weighted by Gasteiger charge is -2.12. The topological polar surface area (TPSA) is 122 Å². The first-order valence-corrected chi connectivity index (χ1v) is 8.17. The van der Waals surface area contributed by atoms with Crippen molar-refractivity contribution in [2.24, 2.45) is 0 Å². The van der Waals surface area contributed by atoms with Crippen LogP contribution in [0.3, 0.4) is 0 Å². The van der Waals surface area contributed by atoms with Crippen molar-refractivity contribution in [1.29, 1.82) is 0 Å². The number of amides is 1. The van der Waals surface area contributed by atoms with Crippen LogP contribution in [0.25, 0.3) is 10.9 Å². The van der Waals surface area contributed by atoms with Gasteiger partial charge in [0.05, 0.1) is 0 Å². The van der Waals surface area contributed by atoms with Gasteiger partial charge in [0, 0.05) is 18.7 Å². The zero-order valence-corrected chi connectivity index (χ0v) is 14.8. The Balaban J connectivity index is 2.08. The van der Waals surface area contributed by atoms with Crippen LogP contribution >= 0.6 is 0 Å². The summed E-state index contributed by atoms with van der Waals surface area (Å²) < 4.78 is 17.8. The number of aromatic carboxylic acids is 1. The number of carbonyl (C=O) groups excluding carboxylic acids is 1. The summed E-state index contributed by atoms with van der Waals surface area (Å²) in [5.41, 5.74) is 0.888. The van der Waals surface area contributed by atoms with Crippen molar-refractivity contribution >= 4 is 28.6 Å². The summed E-state index contributed by atoms with van der Waals surface area (Å²) in [5, 5.41) is 22.2. The van der Waals surface area contributed by atoms with Crippen molar-refractivity contribution in [3.05, 3.63) is 59.2 Å². The van der Waals surface area contributed by atoms with Crippen LogP contribution in [0.15, 0.2) is 36.5 Å². The maximum Gasteiger partial charge on any atom is 0.358 e. The number of anilines is 1. The molecular formula is C19H16FN3O5. The molecule has 9 heteroatoms. The van der Waals surface area contributed by atoms with Crippen LogP contribution in [-0.4, -0.2) is 45.8 Å². The van der Waals surface area contributed by atoms with Crippen molar-refractivity contribution in [2.75, 3.05) is 19.0 Å². The van der Waals surface area contributed by atoms with Gasteiger partial charge in [-0.15, -0.1) is 0 Å². The number of methoxy groups -OCH3 is 1. The molecule has 0 unspecified atom stereocenters. The average Bonchev–Trinajstić information content (AvgIpc) is 2.66. The van der Waals surface area contributed by atoms with Crippen LogP contribution in [0, 0.1) is 5.82 Å². The number of nitrogens with zero attached hydrogens (tertiary/aromatic N) is 2. The number of carboxylic acid groups (broad SMARTS) is 1. The second-order valence-electron chi connectivity index (χ2n) is 5.99. The van der Waals surface area contributed by atoms with Crippen LogP contribution in [0.1, 0.15) is 21.6 Å². The van der Waals surface area contributed by atoms with E-state index in [1.165, 1.54) is 25.4 Å². The largest absolute Gasteiger partial charge is 0.504 e. The smallest absolute Gasteiger partial charge is 0.358 e. The number of fused-ring (bicyclic) bond motifs is 1. The summed E-state index contributed by atoms with van der Waals surface area (Å²) >= 11 is 0. The number of aromatic nitrogens is 2. The Hall–Kier alpha value is -3.59. The van der Waals surface area contributed by atoms with Gasteiger partial charge in [-0.05, 0) is 35.7 Å². The van der Waals surface area contributed by atoms with Gasteiger partial charge in [-0.1, -0.05) is 12.1 Å². The Morgan fingerprint density at radius 3 is 2.57 bits per heavy atom. The summed E-state index contributed by atoms with van der Waals surface area (Å²) in [6.45, 7) is -0.255. The molecule has 0 radical (unpaired) electrons. The van der Waals surface area contributed by atoms with Crippen molar-refractivity contribution in [1.82, 2.24) is 9.97 Å². The predicted octanol–water partition coefficient (Wildman–Crippen LogP) is 2.35. The van der Waals surface area contributed by atoms with E-state index in [-0.39, 0.29) is 29.1 Å². The lowest BCUT2D eigenvalue weighted by molar-refractivity contribution is -0.119. The number of carbonyl (C=O) groups is 2. The van der Waals surface area contributed by atoms with Gasteiger partial charge < -0.3 is 20.3 Å². The first-order chi connectivity index (χ1) is 13.4. The number of nitrogens with one attached hydrogen (secondary N) is 1. The summed E-state index contributed by atoms with van der Waals surface area (Å²) in [6.07, 6.45) is 1.88. The zero-order valence-electron chi connectivity index (χ0n) is 14.8. The van der Waals surface area contributed by atoms with E-state index in [2.05, 4.69) is 15.3 Å². The molecule has 0 saturated carbocycles. The lowest BCUT2D eigenvalue weighted by Crippen LogP contribution is -2.19. The molecule has 0 bridgehead atoms. The first kappa shape index (κ1) is 19.2. The van der Waals surface area contributed by atoms with Crippen molar-refractivity contribution in [2.45, 2.75) is 6.42 Å². The number of rotatable bonds is 6. The molecule has 1 aromatic carbocycles. The highest BCUT2D eigenvalue weighted by Crippen LogP contribution is 2.31. The molecule has 3 rings (SSSR count). The molecule has 8 nitrogen and oxygen atoms in total. The minimum Gasteiger partial charge on any atom is -0.504 e. The highest BCUT2D eigenvalue weighted by molar-refractivity contribution is 6.05. The molecule has 0 spiro atoms. The average molecular weight is 385 g/mol. The van der Waals surface area contributed by atoms with Gasteiger partial charge in [0.1, 0.15) is 23.8 Å². The van der Waals surface area contributed by atoms with Gasteiger partial charge >= 0.3 is 5.97 Å². The highest BCUT2D eigenvalue weighted by atomic mass is 19.1. The van der Waals surface area contributed by atoms with E-state index in [1.807, 2.05) is 0 Å².